The second-order valence-corrected chi connectivity index (χ2v) is 6.55. The minimum Gasteiger partial charge on any atom is -0.347 e. The van der Waals surface area contributed by atoms with E-state index in [2.05, 4.69) is 44.5 Å². The number of nitrogens with zero attached hydrogens (tertiary/aromatic N) is 1. The first-order valence-electron chi connectivity index (χ1n) is 8.28. The molecular weight excluding hydrogens is 282 g/mol. The van der Waals surface area contributed by atoms with Gasteiger partial charge in [0.15, 0.2) is 5.43 Å². The number of para-hydroxylation sites is 1. The molecule has 2 nitrogen and oxygen atoms in total. The molecule has 0 amide bonds. The van der Waals surface area contributed by atoms with E-state index in [0.29, 0.717) is 0 Å². The van der Waals surface area contributed by atoms with E-state index < -0.39 is 0 Å². The van der Waals surface area contributed by atoms with Crippen molar-refractivity contribution in [2.75, 3.05) is 0 Å². The maximum Gasteiger partial charge on any atom is 0.192 e. The first-order chi connectivity index (χ1) is 10.9. The Hall–Kier alpha value is -2.09. The molecule has 0 atom stereocenters. The van der Waals surface area contributed by atoms with Gasteiger partial charge in [-0.25, -0.2) is 0 Å². The van der Waals surface area contributed by atoms with Gasteiger partial charge in [0.2, 0.25) is 0 Å². The average molecular weight is 309 g/mol. The van der Waals surface area contributed by atoms with Gasteiger partial charge in [-0.15, -0.1) is 0 Å². The quantitative estimate of drug-likeness (QED) is 0.706. The Bertz CT molecular complexity index is 818. The van der Waals surface area contributed by atoms with E-state index in [1.165, 1.54) is 11.1 Å². The molecular formula is C21H27NO. The topological polar surface area (TPSA) is 22.0 Å². The van der Waals surface area contributed by atoms with Gasteiger partial charge in [-0.05, 0) is 52.7 Å². The fourth-order valence-corrected chi connectivity index (χ4v) is 2.94. The predicted molar refractivity (Wildman–Crippen MR) is 100 cm³/mol. The summed E-state index contributed by atoms with van der Waals surface area (Å²) in [7, 11) is 2.05. The van der Waals surface area contributed by atoms with Gasteiger partial charge in [-0.1, -0.05) is 35.4 Å². The third-order valence-electron chi connectivity index (χ3n) is 4.42. The molecule has 0 saturated carbocycles. The van der Waals surface area contributed by atoms with Crippen molar-refractivity contribution in [1.82, 2.24) is 4.57 Å². The van der Waals surface area contributed by atoms with Gasteiger partial charge in [0, 0.05) is 30.1 Å². The Labute approximate surface area is 139 Å². The number of hydrogen-bond donors (Lipinski definition) is 0. The van der Waals surface area contributed by atoms with E-state index in [4.69, 9.17) is 0 Å². The number of rotatable bonds is 5. The number of benzene rings is 1. The van der Waals surface area contributed by atoms with Crippen LogP contribution in [0.15, 0.2) is 52.4 Å². The maximum atomic E-state index is 12.6. The summed E-state index contributed by atoms with van der Waals surface area (Å²) in [5.41, 5.74) is 5.88. The van der Waals surface area contributed by atoms with Gasteiger partial charge in [0.1, 0.15) is 0 Å². The van der Waals surface area contributed by atoms with E-state index in [1.807, 2.05) is 31.2 Å². The Morgan fingerprint density at radius 2 is 1.83 bits per heavy atom. The molecule has 0 fully saturated rings. The molecule has 1 heterocycles. The van der Waals surface area contributed by atoms with Gasteiger partial charge in [-0.3, -0.25) is 4.79 Å². The van der Waals surface area contributed by atoms with Crippen LogP contribution in [0.5, 0.6) is 0 Å². The predicted octanol–water partition coefficient (Wildman–Crippen LogP) is 5.08. The van der Waals surface area contributed by atoms with Gasteiger partial charge in [0.25, 0.3) is 0 Å². The third kappa shape index (κ3) is 4.01. The van der Waals surface area contributed by atoms with Crippen molar-refractivity contribution in [3.8, 4) is 0 Å². The molecule has 2 rings (SSSR count). The SMILES string of the molecule is CC(C)=CCCC(C)=CCc1c(C)c(=O)c2ccccc2n1C. The Morgan fingerprint density at radius 1 is 1.13 bits per heavy atom. The fraction of sp³-hybridized carbons (Fsp3) is 0.381. The highest BCUT2D eigenvalue weighted by Crippen LogP contribution is 2.16. The summed E-state index contributed by atoms with van der Waals surface area (Å²) in [6.07, 6.45) is 7.50. The molecule has 0 aliphatic carbocycles. The monoisotopic (exact) mass is 309 g/mol. The van der Waals surface area contributed by atoms with Crippen molar-refractivity contribution in [3.63, 3.8) is 0 Å². The summed E-state index contributed by atoms with van der Waals surface area (Å²) in [4.78, 5) is 12.6. The van der Waals surface area contributed by atoms with Gasteiger partial charge in [-0.2, -0.15) is 0 Å². The van der Waals surface area contributed by atoms with Crippen LogP contribution in [-0.2, 0) is 13.5 Å². The minimum absolute atomic E-state index is 0.157. The first kappa shape index (κ1) is 17.3. The zero-order valence-electron chi connectivity index (χ0n) is 14.9. The second-order valence-electron chi connectivity index (χ2n) is 6.55. The van der Waals surface area contributed by atoms with Crippen molar-refractivity contribution in [1.29, 1.82) is 0 Å². The zero-order chi connectivity index (χ0) is 17.0. The average Bonchev–Trinajstić information content (AvgIpc) is 2.52. The number of aromatic nitrogens is 1. The molecule has 0 aliphatic rings. The molecule has 2 heteroatoms. The van der Waals surface area contributed by atoms with Crippen molar-refractivity contribution < 1.29 is 0 Å². The summed E-state index contributed by atoms with van der Waals surface area (Å²) in [5, 5.41) is 0.806. The van der Waals surface area contributed by atoms with E-state index in [-0.39, 0.29) is 5.43 Å². The lowest BCUT2D eigenvalue weighted by Crippen LogP contribution is -2.16. The van der Waals surface area contributed by atoms with Crippen LogP contribution in [0, 0.1) is 6.92 Å². The molecule has 2 aromatic rings. The van der Waals surface area contributed by atoms with Gasteiger partial charge in [0.05, 0.1) is 5.52 Å². The third-order valence-corrected chi connectivity index (χ3v) is 4.42. The highest BCUT2D eigenvalue weighted by atomic mass is 16.1. The molecule has 1 aromatic heterocycles. The van der Waals surface area contributed by atoms with Crippen LogP contribution in [-0.4, -0.2) is 4.57 Å². The number of fused-ring (bicyclic) bond motifs is 1. The van der Waals surface area contributed by atoms with Crippen LogP contribution in [0.1, 0.15) is 44.9 Å². The van der Waals surface area contributed by atoms with E-state index in [1.54, 1.807) is 0 Å². The summed E-state index contributed by atoms with van der Waals surface area (Å²) in [6.45, 7) is 8.38. The van der Waals surface area contributed by atoms with Crippen LogP contribution in [0.3, 0.4) is 0 Å². The van der Waals surface area contributed by atoms with E-state index in [9.17, 15) is 4.79 Å². The fourth-order valence-electron chi connectivity index (χ4n) is 2.94. The Morgan fingerprint density at radius 3 is 2.52 bits per heavy atom. The lowest BCUT2D eigenvalue weighted by molar-refractivity contribution is 0.849. The van der Waals surface area contributed by atoms with Crippen LogP contribution in [0.4, 0.5) is 0 Å². The minimum atomic E-state index is 0.157. The number of allylic oxidation sites excluding steroid dienone is 4. The largest absolute Gasteiger partial charge is 0.347 e. The van der Waals surface area contributed by atoms with Crippen LogP contribution >= 0.6 is 0 Å². The Balaban J connectivity index is 2.30. The second kappa shape index (κ2) is 7.45. The zero-order valence-corrected chi connectivity index (χ0v) is 14.9. The molecule has 0 bridgehead atoms. The summed E-state index contributed by atoms with van der Waals surface area (Å²) in [6, 6.07) is 7.84. The molecule has 1 aromatic carbocycles. The molecule has 23 heavy (non-hydrogen) atoms. The molecule has 0 N–H and O–H groups in total. The lowest BCUT2D eigenvalue weighted by atomic mass is 10.0. The first-order valence-corrected chi connectivity index (χ1v) is 8.28. The van der Waals surface area contributed by atoms with Crippen LogP contribution < -0.4 is 5.43 Å². The molecule has 0 aliphatic heterocycles. The van der Waals surface area contributed by atoms with Gasteiger partial charge < -0.3 is 4.57 Å². The normalized spacial score (nSPS) is 11.8. The van der Waals surface area contributed by atoms with Crippen LogP contribution in [0.2, 0.25) is 0 Å². The van der Waals surface area contributed by atoms with Crippen molar-refractivity contribution in [2.45, 2.75) is 47.0 Å². The highest BCUT2D eigenvalue weighted by Gasteiger charge is 2.10. The number of pyridine rings is 1. The molecule has 0 unspecified atom stereocenters. The van der Waals surface area contributed by atoms with E-state index in [0.717, 1.165) is 41.4 Å². The smallest absolute Gasteiger partial charge is 0.192 e. The molecule has 0 saturated heterocycles. The van der Waals surface area contributed by atoms with Crippen LogP contribution in [0.25, 0.3) is 10.9 Å². The molecule has 122 valence electrons. The summed E-state index contributed by atoms with van der Waals surface area (Å²) >= 11 is 0. The standard InChI is InChI=1S/C21H27NO/c1-15(2)9-8-10-16(3)13-14-19-17(4)21(23)18-11-6-7-12-20(18)22(19)5/h6-7,9,11-13H,8,10,14H2,1-5H3. The Kier molecular flexibility index (Phi) is 5.59. The summed E-state index contributed by atoms with van der Waals surface area (Å²) in [5.74, 6) is 0. The van der Waals surface area contributed by atoms with E-state index >= 15 is 0 Å². The highest BCUT2D eigenvalue weighted by molar-refractivity contribution is 5.80. The summed E-state index contributed by atoms with van der Waals surface area (Å²) < 4.78 is 2.16. The molecule has 0 spiro atoms. The lowest BCUT2D eigenvalue weighted by Gasteiger charge is -2.14. The number of hydrogen-bond acceptors (Lipinski definition) is 1. The maximum absolute atomic E-state index is 12.6. The van der Waals surface area contributed by atoms with Crippen molar-refractivity contribution in [2.24, 2.45) is 7.05 Å². The van der Waals surface area contributed by atoms with Gasteiger partial charge >= 0.3 is 0 Å². The molecule has 0 radical (unpaired) electrons. The number of aryl methyl sites for hydroxylation is 1. The van der Waals surface area contributed by atoms with Crippen molar-refractivity contribution >= 4 is 10.9 Å². The van der Waals surface area contributed by atoms with Crippen molar-refractivity contribution in [3.05, 3.63) is 69.0 Å².